The van der Waals surface area contributed by atoms with E-state index in [9.17, 15) is 0 Å². The van der Waals surface area contributed by atoms with Gasteiger partial charge in [0.05, 0.1) is 12.2 Å². The first kappa shape index (κ1) is 17.9. The zero-order chi connectivity index (χ0) is 13.6. The molecule has 0 aromatic rings. The lowest BCUT2D eigenvalue weighted by Crippen LogP contribution is -2.30. The Labute approximate surface area is 115 Å². The van der Waals surface area contributed by atoms with Crippen LogP contribution < -0.4 is 5.32 Å². The van der Waals surface area contributed by atoms with E-state index in [0.29, 0.717) is 12.2 Å². The number of nitrogens with one attached hydrogen (secondary N) is 1. The number of hydrogen-bond acceptors (Lipinski definition) is 2. The molecule has 1 N–H and O–H groups in total. The van der Waals surface area contributed by atoms with Crippen LogP contribution in [0.3, 0.4) is 0 Å². The summed E-state index contributed by atoms with van der Waals surface area (Å²) in [6, 6.07) is 0. The molecule has 18 heavy (non-hydrogen) atoms. The Balaban J connectivity index is 3.34. The summed E-state index contributed by atoms with van der Waals surface area (Å²) in [5, 5.41) is 3.48. The van der Waals surface area contributed by atoms with Gasteiger partial charge in [0.15, 0.2) is 0 Å². The number of rotatable bonds is 13. The summed E-state index contributed by atoms with van der Waals surface area (Å²) in [6.07, 6.45) is 11.2. The predicted octanol–water partition coefficient (Wildman–Crippen LogP) is 4.53. The molecule has 0 aliphatic rings. The molecule has 2 nitrogen and oxygen atoms in total. The maximum absolute atomic E-state index is 5.97. The van der Waals surface area contributed by atoms with Crippen LogP contribution in [0, 0.1) is 0 Å². The molecule has 2 unspecified atom stereocenters. The molecule has 0 saturated carbocycles. The van der Waals surface area contributed by atoms with E-state index in [4.69, 9.17) is 4.74 Å². The van der Waals surface area contributed by atoms with Crippen molar-refractivity contribution in [2.24, 2.45) is 0 Å². The molecule has 0 heterocycles. The maximum atomic E-state index is 5.97. The van der Waals surface area contributed by atoms with Gasteiger partial charge in [0.2, 0.25) is 0 Å². The molecule has 0 aromatic carbocycles. The lowest BCUT2D eigenvalue weighted by Gasteiger charge is -2.19. The number of hydrogen-bond donors (Lipinski definition) is 1. The highest BCUT2D eigenvalue weighted by Crippen LogP contribution is 2.09. The molecule has 0 aliphatic carbocycles. The van der Waals surface area contributed by atoms with Gasteiger partial charge < -0.3 is 10.1 Å². The van der Waals surface area contributed by atoms with Gasteiger partial charge in [0.1, 0.15) is 0 Å². The fourth-order valence-electron chi connectivity index (χ4n) is 2.18. The van der Waals surface area contributed by atoms with Crippen LogP contribution in [0.4, 0.5) is 0 Å². The van der Waals surface area contributed by atoms with Crippen molar-refractivity contribution in [3.8, 4) is 0 Å². The second-order valence-corrected chi connectivity index (χ2v) is 5.52. The van der Waals surface area contributed by atoms with Gasteiger partial charge in [0.25, 0.3) is 0 Å². The largest absolute Gasteiger partial charge is 0.374 e. The summed E-state index contributed by atoms with van der Waals surface area (Å²) in [5.74, 6) is 0. The van der Waals surface area contributed by atoms with Gasteiger partial charge in [-0.2, -0.15) is 0 Å². The normalized spacial score (nSPS) is 14.7. The average molecular weight is 257 g/mol. The topological polar surface area (TPSA) is 21.3 Å². The highest BCUT2D eigenvalue weighted by molar-refractivity contribution is 4.60. The quantitative estimate of drug-likeness (QED) is 0.489. The first-order valence-corrected chi connectivity index (χ1v) is 8.06. The Morgan fingerprint density at radius 3 is 2.17 bits per heavy atom. The molecule has 2 heteroatoms. The molecule has 0 radical (unpaired) electrons. The molecule has 0 aromatic heterocycles. The fraction of sp³-hybridized carbons (Fsp3) is 1.00. The number of ether oxygens (including phenoxy) is 1. The van der Waals surface area contributed by atoms with Gasteiger partial charge >= 0.3 is 0 Å². The third kappa shape index (κ3) is 12.4. The Morgan fingerprint density at radius 2 is 1.50 bits per heavy atom. The van der Waals surface area contributed by atoms with Gasteiger partial charge in [-0.25, -0.2) is 0 Å². The van der Waals surface area contributed by atoms with E-state index in [-0.39, 0.29) is 0 Å². The molecule has 0 aliphatic heterocycles. The van der Waals surface area contributed by atoms with Gasteiger partial charge in [0, 0.05) is 6.54 Å². The average Bonchev–Trinajstić information content (AvgIpc) is 2.34. The Kier molecular flexibility index (Phi) is 13.3. The Morgan fingerprint density at radius 1 is 0.833 bits per heavy atom. The highest BCUT2D eigenvalue weighted by Gasteiger charge is 2.07. The highest BCUT2D eigenvalue weighted by atomic mass is 16.5. The van der Waals surface area contributed by atoms with Gasteiger partial charge in [-0.05, 0) is 33.2 Å². The zero-order valence-corrected chi connectivity index (χ0v) is 13.1. The maximum Gasteiger partial charge on any atom is 0.0674 e. The van der Waals surface area contributed by atoms with Crippen LogP contribution in [0.5, 0.6) is 0 Å². The second kappa shape index (κ2) is 13.4. The van der Waals surface area contributed by atoms with Crippen molar-refractivity contribution in [1.29, 1.82) is 0 Å². The second-order valence-electron chi connectivity index (χ2n) is 5.52. The first-order valence-electron chi connectivity index (χ1n) is 8.06. The Hall–Kier alpha value is -0.0800. The lowest BCUT2D eigenvalue weighted by atomic mass is 10.1. The standard InChI is InChI=1S/C16H35NO/c1-5-7-9-10-12-15(3)18-16(4)14-17-13-11-8-6-2/h15-17H,5-14H2,1-4H3. The third-order valence-corrected chi connectivity index (χ3v) is 3.32. The summed E-state index contributed by atoms with van der Waals surface area (Å²) < 4.78 is 5.97. The van der Waals surface area contributed by atoms with Crippen molar-refractivity contribution in [3.63, 3.8) is 0 Å². The van der Waals surface area contributed by atoms with Crippen LogP contribution >= 0.6 is 0 Å². The van der Waals surface area contributed by atoms with Crippen LogP contribution in [0.1, 0.15) is 79.1 Å². The summed E-state index contributed by atoms with van der Waals surface area (Å²) in [4.78, 5) is 0. The summed E-state index contributed by atoms with van der Waals surface area (Å²) >= 11 is 0. The number of unbranched alkanes of at least 4 members (excludes halogenated alkanes) is 5. The minimum absolute atomic E-state index is 0.341. The lowest BCUT2D eigenvalue weighted by molar-refractivity contribution is 0.00377. The minimum atomic E-state index is 0.341. The van der Waals surface area contributed by atoms with E-state index >= 15 is 0 Å². The van der Waals surface area contributed by atoms with E-state index in [2.05, 4.69) is 33.0 Å². The predicted molar refractivity (Wildman–Crippen MR) is 81.2 cm³/mol. The molecule has 0 rings (SSSR count). The van der Waals surface area contributed by atoms with Gasteiger partial charge in [-0.15, -0.1) is 0 Å². The van der Waals surface area contributed by atoms with E-state index in [1.165, 1.54) is 51.4 Å². The molecular weight excluding hydrogens is 222 g/mol. The molecule has 2 atom stereocenters. The third-order valence-electron chi connectivity index (χ3n) is 3.32. The van der Waals surface area contributed by atoms with Crippen LogP contribution in [0.15, 0.2) is 0 Å². The molecule has 0 fully saturated rings. The van der Waals surface area contributed by atoms with E-state index < -0.39 is 0 Å². The van der Waals surface area contributed by atoms with E-state index in [1.54, 1.807) is 0 Å². The van der Waals surface area contributed by atoms with Crippen molar-refractivity contribution in [2.75, 3.05) is 13.1 Å². The van der Waals surface area contributed by atoms with Gasteiger partial charge in [-0.3, -0.25) is 0 Å². The van der Waals surface area contributed by atoms with Crippen LogP contribution in [0.25, 0.3) is 0 Å². The van der Waals surface area contributed by atoms with Crippen molar-refractivity contribution in [2.45, 2.75) is 91.3 Å². The monoisotopic (exact) mass is 257 g/mol. The fourth-order valence-corrected chi connectivity index (χ4v) is 2.18. The molecule has 110 valence electrons. The zero-order valence-electron chi connectivity index (χ0n) is 13.1. The molecule has 0 spiro atoms. The van der Waals surface area contributed by atoms with Crippen molar-refractivity contribution in [3.05, 3.63) is 0 Å². The van der Waals surface area contributed by atoms with Crippen molar-refractivity contribution < 1.29 is 4.74 Å². The van der Waals surface area contributed by atoms with Gasteiger partial charge in [-0.1, -0.05) is 52.4 Å². The molecular formula is C16H35NO. The van der Waals surface area contributed by atoms with Crippen molar-refractivity contribution in [1.82, 2.24) is 5.32 Å². The SMILES string of the molecule is CCCCCCC(C)OC(C)CNCCCCC. The summed E-state index contributed by atoms with van der Waals surface area (Å²) in [7, 11) is 0. The van der Waals surface area contributed by atoms with Crippen LogP contribution in [-0.2, 0) is 4.74 Å². The first-order chi connectivity index (χ1) is 8.70. The molecule has 0 amide bonds. The smallest absolute Gasteiger partial charge is 0.0674 e. The van der Waals surface area contributed by atoms with Crippen molar-refractivity contribution >= 4 is 0 Å². The Bertz CT molecular complexity index is 161. The minimum Gasteiger partial charge on any atom is -0.374 e. The van der Waals surface area contributed by atoms with Crippen LogP contribution in [0.2, 0.25) is 0 Å². The molecule has 0 bridgehead atoms. The van der Waals surface area contributed by atoms with Crippen LogP contribution in [-0.4, -0.2) is 25.3 Å². The molecule has 0 saturated heterocycles. The van der Waals surface area contributed by atoms with E-state index in [1.807, 2.05) is 0 Å². The summed E-state index contributed by atoms with van der Waals surface area (Å²) in [5.41, 5.74) is 0. The van der Waals surface area contributed by atoms with E-state index in [0.717, 1.165) is 13.1 Å². The summed E-state index contributed by atoms with van der Waals surface area (Å²) in [6.45, 7) is 11.0.